The molecule has 2 N–H and O–H groups in total. The van der Waals surface area contributed by atoms with E-state index in [1.165, 1.54) is 16.9 Å². The zero-order valence-electron chi connectivity index (χ0n) is 13.4. The highest BCUT2D eigenvalue weighted by atomic mass is 19.4. The topological polar surface area (TPSA) is 104 Å². The fraction of sp³-hybridized carbons (Fsp3) is 0.267. The molecule has 0 amide bonds. The molecule has 11 heteroatoms. The molecule has 2 heterocycles. The molecule has 26 heavy (non-hydrogen) atoms. The highest BCUT2D eigenvalue weighted by Gasteiger charge is 2.38. The molecular formula is C15H14F4N3O4+. The Hall–Kier alpha value is -3.11. The van der Waals surface area contributed by atoms with Crippen molar-refractivity contribution in [2.24, 2.45) is 0 Å². The molecule has 0 bridgehead atoms. The Morgan fingerprint density at radius 1 is 1.23 bits per heavy atom. The van der Waals surface area contributed by atoms with Gasteiger partial charge in [-0.3, -0.25) is 9.78 Å². The number of carboxylic acid groups (broad SMARTS) is 2. The van der Waals surface area contributed by atoms with Crippen molar-refractivity contribution in [2.45, 2.75) is 26.1 Å². The maximum absolute atomic E-state index is 13.7. The van der Waals surface area contributed by atoms with E-state index in [1.807, 2.05) is 0 Å². The Balaban J connectivity index is 0.000000412. The summed E-state index contributed by atoms with van der Waals surface area (Å²) in [5, 5.41) is 19.7. The SMILES string of the molecule is Cc1cnc(-c2cc[n+](CCC(=O)O)nc2)c(F)c1.O=C(O)C(F)(F)F. The first-order chi connectivity index (χ1) is 12.0. The van der Waals surface area contributed by atoms with E-state index < -0.39 is 23.9 Å². The third kappa shape index (κ3) is 6.79. The molecule has 0 atom stereocenters. The number of aryl methyl sites for hydroxylation is 2. The Morgan fingerprint density at radius 3 is 2.27 bits per heavy atom. The quantitative estimate of drug-likeness (QED) is 0.625. The van der Waals surface area contributed by atoms with Crippen LogP contribution in [0.5, 0.6) is 0 Å². The van der Waals surface area contributed by atoms with Gasteiger partial charge in [-0.1, -0.05) is 4.68 Å². The fourth-order valence-corrected chi connectivity index (χ4v) is 1.61. The van der Waals surface area contributed by atoms with Crippen LogP contribution in [0.15, 0.2) is 30.7 Å². The van der Waals surface area contributed by atoms with Gasteiger partial charge in [-0.2, -0.15) is 13.2 Å². The van der Waals surface area contributed by atoms with Crippen LogP contribution >= 0.6 is 0 Å². The van der Waals surface area contributed by atoms with Crippen molar-refractivity contribution in [3.05, 3.63) is 42.1 Å². The Morgan fingerprint density at radius 2 is 1.85 bits per heavy atom. The van der Waals surface area contributed by atoms with Crippen molar-refractivity contribution >= 4 is 11.9 Å². The van der Waals surface area contributed by atoms with Gasteiger partial charge in [0.15, 0.2) is 12.7 Å². The molecule has 2 aromatic heterocycles. The summed E-state index contributed by atoms with van der Waals surface area (Å²) in [4.78, 5) is 23.4. The zero-order chi connectivity index (χ0) is 19.9. The lowest BCUT2D eigenvalue weighted by molar-refractivity contribution is -0.752. The van der Waals surface area contributed by atoms with Gasteiger partial charge in [0.25, 0.3) is 0 Å². The summed E-state index contributed by atoms with van der Waals surface area (Å²) < 4.78 is 46.9. The second kappa shape index (κ2) is 8.83. The van der Waals surface area contributed by atoms with Crippen LogP contribution in [-0.4, -0.2) is 38.4 Å². The van der Waals surface area contributed by atoms with E-state index in [0.717, 1.165) is 5.56 Å². The molecule has 0 aliphatic rings. The van der Waals surface area contributed by atoms with Gasteiger partial charge in [0.1, 0.15) is 24.1 Å². The Bertz CT molecular complexity index is 779. The number of aliphatic carboxylic acids is 2. The van der Waals surface area contributed by atoms with Crippen LogP contribution in [-0.2, 0) is 16.1 Å². The summed E-state index contributed by atoms with van der Waals surface area (Å²) in [6.45, 7) is 2.04. The zero-order valence-corrected chi connectivity index (χ0v) is 13.4. The number of carboxylic acids is 2. The van der Waals surface area contributed by atoms with Gasteiger partial charge in [-0.05, 0) is 23.7 Å². The van der Waals surface area contributed by atoms with Crippen molar-refractivity contribution < 1.29 is 42.0 Å². The summed E-state index contributed by atoms with van der Waals surface area (Å²) in [5.41, 5.74) is 1.55. The summed E-state index contributed by atoms with van der Waals surface area (Å²) in [7, 11) is 0. The smallest absolute Gasteiger partial charge is 0.481 e. The van der Waals surface area contributed by atoms with Crippen molar-refractivity contribution in [1.29, 1.82) is 0 Å². The normalized spacial score (nSPS) is 10.7. The van der Waals surface area contributed by atoms with E-state index in [1.54, 1.807) is 25.4 Å². The molecule has 0 aliphatic heterocycles. The van der Waals surface area contributed by atoms with Gasteiger partial charge in [-0.15, -0.1) is 0 Å². The lowest BCUT2D eigenvalue weighted by Gasteiger charge is -2.01. The van der Waals surface area contributed by atoms with E-state index in [9.17, 15) is 22.4 Å². The molecule has 2 rings (SSSR count). The minimum absolute atomic E-state index is 0.00580. The van der Waals surface area contributed by atoms with Crippen LogP contribution in [0.2, 0.25) is 0 Å². The number of nitrogens with zero attached hydrogens (tertiary/aromatic N) is 3. The molecule has 0 fully saturated rings. The average molecular weight is 376 g/mol. The molecule has 2 aromatic rings. The third-order valence-electron chi connectivity index (χ3n) is 2.82. The monoisotopic (exact) mass is 376 g/mol. The highest BCUT2D eigenvalue weighted by Crippen LogP contribution is 2.18. The summed E-state index contributed by atoms with van der Waals surface area (Å²) in [6.07, 6.45) is -0.417. The van der Waals surface area contributed by atoms with Crippen LogP contribution in [0.1, 0.15) is 12.0 Å². The largest absolute Gasteiger partial charge is 0.490 e. The number of pyridine rings is 1. The fourth-order valence-electron chi connectivity index (χ4n) is 1.61. The molecule has 0 unspecified atom stereocenters. The van der Waals surface area contributed by atoms with Crippen LogP contribution in [0, 0.1) is 12.7 Å². The first-order valence-corrected chi connectivity index (χ1v) is 7.01. The second-order valence-corrected chi connectivity index (χ2v) is 4.97. The molecule has 0 spiro atoms. The summed E-state index contributed by atoms with van der Waals surface area (Å²) >= 11 is 0. The number of hydrogen-bond donors (Lipinski definition) is 2. The number of halogens is 4. The first-order valence-electron chi connectivity index (χ1n) is 7.01. The molecular weight excluding hydrogens is 362 g/mol. The number of hydrogen-bond acceptors (Lipinski definition) is 4. The molecule has 0 saturated heterocycles. The van der Waals surface area contributed by atoms with Crippen molar-refractivity contribution in [1.82, 2.24) is 10.1 Å². The maximum atomic E-state index is 13.7. The summed E-state index contributed by atoms with van der Waals surface area (Å²) in [5.74, 6) is -4.04. The van der Waals surface area contributed by atoms with Crippen molar-refractivity contribution in [2.75, 3.05) is 0 Å². The molecule has 140 valence electrons. The van der Waals surface area contributed by atoms with Gasteiger partial charge < -0.3 is 10.2 Å². The van der Waals surface area contributed by atoms with Crippen LogP contribution in [0.3, 0.4) is 0 Å². The average Bonchev–Trinajstić information content (AvgIpc) is 2.53. The highest BCUT2D eigenvalue weighted by molar-refractivity contribution is 5.73. The van der Waals surface area contributed by atoms with E-state index in [-0.39, 0.29) is 18.7 Å². The lowest BCUT2D eigenvalue weighted by Crippen LogP contribution is -2.38. The van der Waals surface area contributed by atoms with Crippen molar-refractivity contribution in [3.8, 4) is 11.3 Å². The van der Waals surface area contributed by atoms with E-state index in [4.69, 9.17) is 15.0 Å². The standard InChI is InChI=1S/C13H12FN3O2.C2HF3O2/c1-9-6-11(14)13(15-7-9)10-2-4-17(16-8-10)5-3-12(18)19;3-2(4,5)1(6)7/h2,4,6-8H,3,5H2,1H3;(H,6,7)/p+1. The predicted octanol–water partition coefficient (Wildman–Crippen LogP) is 1.99. The van der Waals surface area contributed by atoms with Crippen molar-refractivity contribution in [3.63, 3.8) is 0 Å². The van der Waals surface area contributed by atoms with Crippen LogP contribution in [0.25, 0.3) is 11.3 Å². The van der Waals surface area contributed by atoms with Gasteiger partial charge in [0.2, 0.25) is 0 Å². The van der Waals surface area contributed by atoms with E-state index in [2.05, 4.69) is 10.1 Å². The Kier molecular flexibility index (Phi) is 7.11. The molecule has 0 radical (unpaired) electrons. The van der Waals surface area contributed by atoms with Crippen LogP contribution < -0.4 is 4.68 Å². The van der Waals surface area contributed by atoms with Crippen LogP contribution in [0.4, 0.5) is 17.6 Å². The van der Waals surface area contributed by atoms with Gasteiger partial charge in [-0.25, -0.2) is 9.18 Å². The minimum atomic E-state index is -5.08. The number of aromatic nitrogens is 3. The van der Waals surface area contributed by atoms with E-state index in [0.29, 0.717) is 5.56 Å². The second-order valence-electron chi connectivity index (χ2n) is 4.97. The molecule has 7 nitrogen and oxygen atoms in total. The molecule has 0 saturated carbocycles. The number of rotatable bonds is 4. The van der Waals surface area contributed by atoms with Gasteiger partial charge >= 0.3 is 18.1 Å². The first kappa shape index (κ1) is 20.9. The number of alkyl halides is 3. The Labute approximate surface area is 144 Å². The minimum Gasteiger partial charge on any atom is -0.481 e. The maximum Gasteiger partial charge on any atom is 0.490 e. The predicted molar refractivity (Wildman–Crippen MR) is 78.3 cm³/mol. The third-order valence-corrected chi connectivity index (χ3v) is 2.82. The van der Waals surface area contributed by atoms with Gasteiger partial charge in [0, 0.05) is 17.8 Å². The molecule has 0 aliphatic carbocycles. The lowest BCUT2D eigenvalue weighted by atomic mass is 10.2. The summed E-state index contributed by atoms with van der Waals surface area (Å²) in [6, 6.07) is 3.07. The molecule has 0 aromatic carbocycles. The van der Waals surface area contributed by atoms with E-state index >= 15 is 0 Å². The van der Waals surface area contributed by atoms with Gasteiger partial charge in [0.05, 0.1) is 0 Å². The number of carbonyl (C=O) groups is 2.